The molecule has 258 valence electrons. The Morgan fingerprint density at radius 1 is 0.809 bits per heavy atom. The lowest BCUT2D eigenvalue weighted by Crippen LogP contribution is -2.39. The standard InChI is InChI=1S/C34H46N2O10S/c1-20-22-17-36(31(41)46-34(8,9)10)14-13-26(22)47-29(20)30(40)35-16-23(37)21-11-12-24(42-18-27(38)44-32(2,3)4)25(15-21)43-19-28(39)45-33(5,6)7/h11-12,15H,13-14,16-19H2,1-10H3,(H,35,40). The summed E-state index contributed by atoms with van der Waals surface area (Å²) in [7, 11) is 0. The van der Waals surface area contributed by atoms with Gasteiger partial charge in [-0.05, 0) is 105 Å². The minimum Gasteiger partial charge on any atom is -0.478 e. The van der Waals surface area contributed by atoms with Crippen molar-refractivity contribution in [3.63, 3.8) is 0 Å². The number of amides is 2. The van der Waals surface area contributed by atoms with E-state index >= 15 is 0 Å². The van der Waals surface area contributed by atoms with E-state index in [4.69, 9.17) is 23.7 Å². The molecule has 1 aliphatic heterocycles. The summed E-state index contributed by atoms with van der Waals surface area (Å²) in [4.78, 5) is 66.6. The minimum atomic E-state index is -0.732. The Kier molecular flexibility index (Phi) is 11.7. The van der Waals surface area contributed by atoms with Crippen LogP contribution in [-0.2, 0) is 36.8 Å². The van der Waals surface area contributed by atoms with Crippen LogP contribution in [-0.4, -0.2) is 77.7 Å². The number of ketones is 1. The molecule has 3 rings (SSSR count). The number of hydrogen-bond donors (Lipinski definition) is 1. The molecule has 1 aliphatic rings. The summed E-state index contributed by atoms with van der Waals surface area (Å²) in [5.74, 6) is -1.93. The number of ether oxygens (including phenoxy) is 5. The molecule has 13 heteroatoms. The highest BCUT2D eigenvalue weighted by Gasteiger charge is 2.30. The van der Waals surface area contributed by atoms with Gasteiger partial charge >= 0.3 is 18.0 Å². The lowest BCUT2D eigenvalue weighted by molar-refractivity contribution is -0.158. The largest absolute Gasteiger partial charge is 0.478 e. The summed E-state index contributed by atoms with van der Waals surface area (Å²) in [5, 5.41) is 2.69. The number of benzene rings is 1. The van der Waals surface area contributed by atoms with E-state index in [9.17, 15) is 24.0 Å². The van der Waals surface area contributed by atoms with Gasteiger partial charge in [-0.3, -0.25) is 9.59 Å². The zero-order valence-corrected chi connectivity index (χ0v) is 29.7. The second kappa shape index (κ2) is 14.7. The van der Waals surface area contributed by atoms with Gasteiger partial charge in [-0.1, -0.05) is 0 Å². The first-order chi connectivity index (χ1) is 21.6. The van der Waals surface area contributed by atoms with E-state index in [-0.39, 0.29) is 23.6 Å². The van der Waals surface area contributed by atoms with Crippen LogP contribution in [0.1, 0.15) is 98.3 Å². The van der Waals surface area contributed by atoms with E-state index in [0.29, 0.717) is 24.4 Å². The molecular formula is C34H46N2O10S. The highest BCUT2D eigenvalue weighted by Crippen LogP contribution is 2.33. The Bertz CT molecular complexity index is 1510. The first-order valence-corrected chi connectivity index (χ1v) is 16.2. The number of carbonyl (C=O) groups is 5. The van der Waals surface area contributed by atoms with Gasteiger partial charge in [0.2, 0.25) is 0 Å². The Morgan fingerprint density at radius 2 is 1.36 bits per heavy atom. The van der Waals surface area contributed by atoms with E-state index in [0.717, 1.165) is 16.0 Å². The van der Waals surface area contributed by atoms with E-state index in [1.165, 1.54) is 29.5 Å². The van der Waals surface area contributed by atoms with Crippen molar-refractivity contribution in [3.05, 3.63) is 44.6 Å². The minimum absolute atomic E-state index is 0.0351. The van der Waals surface area contributed by atoms with Gasteiger partial charge in [-0.25, -0.2) is 14.4 Å². The molecular weight excluding hydrogens is 628 g/mol. The second-order valence-corrected chi connectivity index (χ2v) is 15.2. The predicted octanol–water partition coefficient (Wildman–Crippen LogP) is 5.40. The monoisotopic (exact) mass is 674 g/mol. The van der Waals surface area contributed by atoms with E-state index < -0.39 is 59.7 Å². The maximum Gasteiger partial charge on any atom is 0.410 e. The van der Waals surface area contributed by atoms with Crippen molar-refractivity contribution in [3.8, 4) is 11.5 Å². The predicted molar refractivity (Wildman–Crippen MR) is 175 cm³/mol. The molecule has 0 saturated carbocycles. The number of Topliss-reactive ketones (excluding diaryl/α,β-unsaturated/α-hetero) is 1. The van der Waals surface area contributed by atoms with Crippen LogP contribution < -0.4 is 14.8 Å². The quantitative estimate of drug-likeness (QED) is 0.197. The fraction of sp³-hybridized carbons (Fsp3) is 0.559. The molecule has 1 aromatic carbocycles. The van der Waals surface area contributed by atoms with Crippen molar-refractivity contribution in [2.24, 2.45) is 0 Å². The summed E-state index contributed by atoms with van der Waals surface area (Å²) in [6.07, 6.45) is 0.196. The number of hydrogen-bond acceptors (Lipinski definition) is 11. The van der Waals surface area contributed by atoms with Crippen LogP contribution >= 0.6 is 11.3 Å². The molecule has 0 aliphatic carbocycles. The molecule has 2 heterocycles. The molecule has 1 aromatic heterocycles. The number of nitrogens with zero attached hydrogens (tertiary/aromatic N) is 1. The van der Waals surface area contributed by atoms with E-state index in [1.54, 1.807) is 46.4 Å². The van der Waals surface area contributed by atoms with Crippen LogP contribution in [0.2, 0.25) is 0 Å². The van der Waals surface area contributed by atoms with Gasteiger partial charge in [0.25, 0.3) is 5.91 Å². The fourth-order valence-corrected chi connectivity index (χ4v) is 5.72. The van der Waals surface area contributed by atoms with Crippen LogP contribution in [0, 0.1) is 6.92 Å². The average molecular weight is 675 g/mol. The summed E-state index contributed by atoms with van der Waals surface area (Å²) in [5.41, 5.74) is -0.200. The second-order valence-electron chi connectivity index (χ2n) is 14.1. The molecule has 2 aromatic rings. The van der Waals surface area contributed by atoms with Gasteiger partial charge in [0.1, 0.15) is 16.8 Å². The van der Waals surface area contributed by atoms with Crippen LogP contribution in [0.15, 0.2) is 18.2 Å². The smallest absolute Gasteiger partial charge is 0.410 e. The van der Waals surface area contributed by atoms with Gasteiger partial charge in [-0.2, -0.15) is 0 Å². The summed E-state index contributed by atoms with van der Waals surface area (Å²) in [6.45, 7) is 17.2. The summed E-state index contributed by atoms with van der Waals surface area (Å²) in [6, 6.07) is 4.29. The molecule has 47 heavy (non-hydrogen) atoms. The molecule has 0 radical (unpaired) electrons. The molecule has 2 amide bonds. The first-order valence-electron chi connectivity index (χ1n) is 15.4. The SMILES string of the molecule is Cc1c(C(=O)NCC(=O)c2ccc(OCC(=O)OC(C)(C)C)c(OCC(=O)OC(C)(C)C)c2)sc2c1CN(C(=O)OC(C)(C)C)CC2. The Hall–Kier alpha value is -4.13. The van der Waals surface area contributed by atoms with Crippen LogP contribution in [0.4, 0.5) is 4.79 Å². The summed E-state index contributed by atoms with van der Waals surface area (Å²) >= 11 is 1.35. The Labute approximate surface area is 280 Å². The first kappa shape index (κ1) is 37.3. The van der Waals surface area contributed by atoms with Gasteiger partial charge < -0.3 is 33.9 Å². The zero-order chi connectivity index (χ0) is 35.3. The van der Waals surface area contributed by atoms with Crippen LogP contribution in [0.5, 0.6) is 11.5 Å². The van der Waals surface area contributed by atoms with Crippen LogP contribution in [0.3, 0.4) is 0 Å². The number of carbonyl (C=O) groups excluding carboxylic acids is 5. The molecule has 0 bridgehead atoms. The maximum absolute atomic E-state index is 13.2. The van der Waals surface area contributed by atoms with Crippen molar-refractivity contribution < 1.29 is 47.7 Å². The van der Waals surface area contributed by atoms with Crippen molar-refractivity contribution in [1.82, 2.24) is 10.2 Å². The molecule has 0 unspecified atom stereocenters. The number of rotatable bonds is 10. The third kappa shape index (κ3) is 11.6. The average Bonchev–Trinajstić information content (AvgIpc) is 3.26. The zero-order valence-electron chi connectivity index (χ0n) is 28.9. The number of fused-ring (bicyclic) bond motifs is 1. The van der Waals surface area contributed by atoms with Gasteiger partial charge in [0, 0.05) is 17.0 Å². The highest BCUT2D eigenvalue weighted by atomic mass is 32.1. The number of nitrogens with one attached hydrogen (secondary N) is 1. The summed E-state index contributed by atoms with van der Waals surface area (Å²) < 4.78 is 27.3. The molecule has 1 N–H and O–H groups in total. The maximum atomic E-state index is 13.2. The van der Waals surface area contributed by atoms with Crippen molar-refractivity contribution >= 4 is 41.1 Å². The lowest BCUT2D eigenvalue weighted by Gasteiger charge is -2.30. The lowest BCUT2D eigenvalue weighted by atomic mass is 10.0. The molecule has 0 atom stereocenters. The van der Waals surface area contributed by atoms with Gasteiger partial charge in [0.05, 0.1) is 18.0 Å². The molecule has 0 fully saturated rings. The van der Waals surface area contributed by atoms with Gasteiger partial charge in [0.15, 0.2) is 30.5 Å². The topological polar surface area (TPSA) is 147 Å². The molecule has 0 saturated heterocycles. The number of thiophene rings is 1. The normalized spacial score (nSPS) is 13.3. The number of esters is 2. The van der Waals surface area contributed by atoms with Crippen molar-refractivity contribution in [2.45, 2.75) is 99.0 Å². The van der Waals surface area contributed by atoms with E-state index in [2.05, 4.69) is 5.32 Å². The Morgan fingerprint density at radius 3 is 1.91 bits per heavy atom. The molecule has 0 spiro atoms. The third-order valence-corrected chi connectivity index (χ3v) is 7.77. The van der Waals surface area contributed by atoms with Gasteiger partial charge in [-0.15, -0.1) is 11.3 Å². The fourth-order valence-electron chi connectivity index (χ4n) is 4.49. The highest BCUT2D eigenvalue weighted by molar-refractivity contribution is 7.14. The van der Waals surface area contributed by atoms with Crippen molar-refractivity contribution in [2.75, 3.05) is 26.3 Å². The van der Waals surface area contributed by atoms with Crippen molar-refractivity contribution in [1.29, 1.82) is 0 Å². The van der Waals surface area contributed by atoms with E-state index in [1.807, 2.05) is 27.7 Å². The molecule has 12 nitrogen and oxygen atoms in total. The van der Waals surface area contributed by atoms with Crippen LogP contribution in [0.25, 0.3) is 0 Å². The Balaban J connectivity index is 1.70. The third-order valence-electron chi connectivity index (χ3n) is 6.38.